The van der Waals surface area contributed by atoms with Crippen LogP contribution in [0.15, 0.2) is 91.0 Å². The molecule has 0 unspecified atom stereocenters. The van der Waals surface area contributed by atoms with Crippen molar-refractivity contribution < 1.29 is 32.3 Å². The summed E-state index contributed by atoms with van der Waals surface area (Å²) in [5.74, 6) is 0.791. The summed E-state index contributed by atoms with van der Waals surface area (Å²) in [5.41, 5.74) is 5.36. The summed E-state index contributed by atoms with van der Waals surface area (Å²) < 4.78 is 0. The van der Waals surface area contributed by atoms with Gasteiger partial charge in [-0.25, -0.2) is 34.7 Å². The smallest absolute Gasteiger partial charge is 0.336 e. The topological polar surface area (TPSA) is 146 Å². The molecule has 0 saturated carbocycles. The van der Waals surface area contributed by atoms with Gasteiger partial charge >= 0.3 is 5.97 Å². The van der Waals surface area contributed by atoms with Gasteiger partial charge in [0.15, 0.2) is 23.3 Å². The van der Waals surface area contributed by atoms with Crippen molar-refractivity contribution in [3.05, 3.63) is 96.6 Å². The number of benzene rings is 4. The number of carboxylic acids is 1. The average Bonchev–Trinajstić information content (AvgIpc) is 3.76. The van der Waals surface area contributed by atoms with E-state index >= 15 is 0 Å². The maximum atomic E-state index is 12.3. The molecule has 10 nitrogen and oxygen atoms in total. The number of carboxylic acid groups (broad SMARTS) is 1. The Kier molecular flexibility index (Phi) is 5.78. The number of H-pyrrole nitrogens is 2. The molecule has 4 aromatic carbocycles. The summed E-state index contributed by atoms with van der Waals surface area (Å²) in [6.45, 7) is 0. The molecular formula is C33H18AgN8O2. The Labute approximate surface area is 263 Å². The van der Waals surface area contributed by atoms with Gasteiger partial charge in [-0.2, -0.15) is 0 Å². The van der Waals surface area contributed by atoms with Crippen molar-refractivity contribution >= 4 is 50.1 Å². The maximum absolute atomic E-state index is 12.3. The van der Waals surface area contributed by atoms with Crippen LogP contribution in [0.3, 0.4) is 0 Å². The van der Waals surface area contributed by atoms with Crippen LogP contribution in [-0.4, -0.2) is 50.9 Å². The minimum absolute atomic E-state index is 0. The standard InChI is InChI=1S/C33H18N8O2.Ag/c42-33(43)23-15-7-14-22-24(23)32-40-30-21-13-6-5-12-20(21)28(38-30)36-26-17-9-2-1-8-16(17)25(34-26)35-27-18-10-3-4-11-19(18)29(37-27)39-31(22)41-32;/h1-15H,(H,42,43)(H2,34,35,36,37,38,39,40,41);. The molecule has 7 aromatic rings. The van der Waals surface area contributed by atoms with Crippen molar-refractivity contribution in [3.63, 3.8) is 0 Å². The van der Waals surface area contributed by atoms with E-state index in [0.29, 0.717) is 56.7 Å². The molecule has 9 rings (SSSR count). The van der Waals surface area contributed by atoms with Crippen LogP contribution in [-0.2, 0) is 22.4 Å². The first kappa shape index (κ1) is 26.1. The van der Waals surface area contributed by atoms with E-state index in [9.17, 15) is 9.90 Å². The molecule has 0 spiro atoms. The number of aromatic carboxylic acids is 1. The van der Waals surface area contributed by atoms with E-state index in [1.807, 2.05) is 78.9 Å². The van der Waals surface area contributed by atoms with E-state index in [1.165, 1.54) is 0 Å². The summed E-state index contributed by atoms with van der Waals surface area (Å²) in [6.07, 6.45) is 0. The Morgan fingerprint density at radius 3 is 1.34 bits per heavy atom. The van der Waals surface area contributed by atoms with Crippen LogP contribution in [0.1, 0.15) is 10.4 Å². The Balaban J connectivity index is 0.00000289. The molecule has 0 aliphatic carbocycles. The summed E-state index contributed by atoms with van der Waals surface area (Å²) in [4.78, 5) is 48.5. The van der Waals surface area contributed by atoms with E-state index in [0.717, 1.165) is 33.0 Å². The summed E-state index contributed by atoms with van der Waals surface area (Å²) in [7, 11) is 0. The van der Waals surface area contributed by atoms with Gasteiger partial charge in [0.2, 0.25) is 0 Å². The van der Waals surface area contributed by atoms with Gasteiger partial charge in [-0.3, -0.25) is 0 Å². The van der Waals surface area contributed by atoms with Gasteiger partial charge in [-0.15, -0.1) is 0 Å². The number of nitrogens with one attached hydrogen (secondary N) is 2. The van der Waals surface area contributed by atoms with Crippen LogP contribution < -0.4 is 0 Å². The van der Waals surface area contributed by atoms with Gasteiger partial charge in [-0.05, 0) is 6.07 Å². The second-order valence-electron chi connectivity index (χ2n) is 10.3. The molecule has 11 heteroatoms. The third-order valence-corrected chi connectivity index (χ3v) is 7.81. The molecule has 0 fully saturated rings. The molecular weight excluding hydrogens is 648 g/mol. The van der Waals surface area contributed by atoms with Crippen LogP contribution in [0.25, 0.3) is 89.7 Å². The number of rotatable bonds is 1. The Bertz CT molecular complexity index is 2510. The molecule has 3 aromatic heterocycles. The molecule has 0 saturated heterocycles. The van der Waals surface area contributed by atoms with E-state index in [2.05, 4.69) is 9.97 Å². The van der Waals surface area contributed by atoms with Crippen molar-refractivity contribution in [1.29, 1.82) is 0 Å². The molecule has 2 aliphatic heterocycles. The molecule has 0 atom stereocenters. The van der Waals surface area contributed by atoms with Crippen LogP contribution in [0, 0.1) is 0 Å². The van der Waals surface area contributed by atoms with Crippen molar-refractivity contribution in [2.24, 2.45) is 0 Å². The maximum Gasteiger partial charge on any atom is 0.336 e. The minimum atomic E-state index is -1.07. The van der Waals surface area contributed by atoms with E-state index in [1.54, 1.807) is 12.1 Å². The van der Waals surface area contributed by atoms with Crippen LogP contribution >= 0.6 is 0 Å². The van der Waals surface area contributed by atoms with Gasteiger partial charge in [0.1, 0.15) is 22.6 Å². The van der Waals surface area contributed by atoms with Crippen molar-refractivity contribution in [3.8, 4) is 45.6 Å². The first-order valence-electron chi connectivity index (χ1n) is 13.6. The quantitative estimate of drug-likeness (QED) is 0.167. The zero-order valence-electron chi connectivity index (χ0n) is 22.5. The Hall–Kier alpha value is -5.55. The number of aromatic nitrogens is 8. The van der Waals surface area contributed by atoms with Gasteiger partial charge < -0.3 is 15.1 Å². The number of aromatic amines is 2. The van der Waals surface area contributed by atoms with Crippen LogP contribution in [0.5, 0.6) is 0 Å². The molecule has 44 heavy (non-hydrogen) atoms. The van der Waals surface area contributed by atoms with Crippen molar-refractivity contribution in [2.45, 2.75) is 0 Å². The van der Waals surface area contributed by atoms with Crippen LogP contribution in [0.2, 0.25) is 0 Å². The second-order valence-corrected chi connectivity index (χ2v) is 10.3. The first-order chi connectivity index (χ1) is 21.1. The summed E-state index contributed by atoms with van der Waals surface area (Å²) in [6, 6.07) is 28.5. The fourth-order valence-corrected chi connectivity index (χ4v) is 5.87. The Morgan fingerprint density at radius 1 is 0.477 bits per heavy atom. The molecule has 8 bridgehead atoms. The van der Waals surface area contributed by atoms with Gasteiger partial charge in [-0.1, -0.05) is 84.9 Å². The second kappa shape index (κ2) is 9.75. The summed E-state index contributed by atoms with van der Waals surface area (Å²) in [5, 5.41) is 12.9. The average molecular weight is 666 g/mol. The number of carbonyl (C=O) groups is 1. The predicted octanol–water partition coefficient (Wildman–Crippen LogP) is 6.56. The molecule has 2 aliphatic rings. The molecule has 3 N–H and O–H groups in total. The zero-order valence-corrected chi connectivity index (χ0v) is 24.0. The zero-order chi connectivity index (χ0) is 28.7. The molecule has 0 amide bonds. The number of nitrogens with zero attached hydrogens (tertiary/aromatic N) is 6. The monoisotopic (exact) mass is 665 g/mol. The van der Waals surface area contributed by atoms with E-state index in [-0.39, 0.29) is 27.9 Å². The SMILES string of the molecule is O=C(O)c1cccc2c3nc4nc(nc5[nH]c(nc6nc(nc([nH]3)c12)-c1ccccc1-6)c1ccccc51)-c1ccccc1-4.[Ag]. The van der Waals surface area contributed by atoms with E-state index in [4.69, 9.17) is 29.9 Å². The number of fused-ring (bicyclic) bond motifs is 20. The fourth-order valence-electron chi connectivity index (χ4n) is 5.87. The first-order valence-corrected chi connectivity index (χ1v) is 13.6. The third-order valence-electron chi connectivity index (χ3n) is 7.81. The van der Waals surface area contributed by atoms with Crippen molar-refractivity contribution in [1.82, 2.24) is 39.9 Å². The van der Waals surface area contributed by atoms with Gasteiger partial charge in [0.25, 0.3) is 0 Å². The Morgan fingerprint density at radius 2 is 0.864 bits per heavy atom. The van der Waals surface area contributed by atoms with Gasteiger partial charge in [0, 0.05) is 66.2 Å². The fraction of sp³-hybridized carbons (Fsp3) is 0. The molecule has 5 heterocycles. The largest absolute Gasteiger partial charge is 0.478 e. The normalized spacial score (nSPS) is 11.6. The van der Waals surface area contributed by atoms with E-state index < -0.39 is 5.97 Å². The van der Waals surface area contributed by atoms with Crippen LogP contribution in [0.4, 0.5) is 0 Å². The predicted molar refractivity (Wildman–Crippen MR) is 163 cm³/mol. The summed E-state index contributed by atoms with van der Waals surface area (Å²) >= 11 is 0. The number of hydrogen-bond acceptors (Lipinski definition) is 7. The van der Waals surface area contributed by atoms with Crippen molar-refractivity contribution in [2.75, 3.05) is 0 Å². The minimum Gasteiger partial charge on any atom is -0.478 e. The number of hydrogen-bond donors (Lipinski definition) is 3. The third kappa shape index (κ3) is 3.82. The molecule has 1 radical (unpaired) electrons. The van der Waals surface area contributed by atoms with Gasteiger partial charge in [0.05, 0.1) is 5.56 Å². The molecule has 213 valence electrons.